The number of hydrogen-bond acceptors (Lipinski definition) is 48. The van der Waals surface area contributed by atoms with Crippen molar-refractivity contribution in [1.29, 1.82) is 0 Å². The Morgan fingerprint density at radius 2 is 0.311 bits per heavy atom. The van der Waals surface area contributed by atoms with E-state index in [4.69, 9.17) is 119 Å². The van der Waals surface area contributed by atoms with Gasteiger partial charge in [0.25, 0.3) is 0 Å². The van der Waals surface area contributed by atoms with Crippen LogP contribution in [-0.4, -0.2) is 418 Å². The van der Waals surface area contributed by atoms with Gasteiger partial charge in [0.15, 0.2) is 17.5 Å². The van der Waals surface area contributed by atoms with Gasteiger partial charge >= 0.3 is 0 Å². The smallest absolute Gasteiger partial charge is 0.235 e. The van der Waals surface area contributed by atoms with Gasteiger partial charge in [-0.1, -0.05) is 112 Å². The van der Waals surface area contributed by atoms with Crippen LogP contribution in [-0.2, 0) is 110 Å². The van der Waals surface area contributed by atoms with Gasteiger partial charge in [0.05, 0.1) is 39.6 Å². The first-order valence-corrected chi connectivity index (χ1v) is 42.7. The zero-order chi connectivity index (χ0) is 98.8. The lowest BCUT2D eigenvalue weighted by Gasteiger charge is -2.29. The Morgan fingerprint density at radius 1 is 0.170 bits per heavy atom. The molecule has 0 aliphatic rings. The number of rotatable bonds is 64. The van der Waals surface area contributed by atoms with E-state index in [2.05, 4.69) is 59.8 Å². The number of benzene rings is 3. The fraction of sp³-hybridized carbons (Fsp3) is 0.621. The lowest BCUT2D eigenvalue weighted by Crippen LogP contribution is -2.38. The summed E-state index contributed by atoms with van der Waals surface area (Å²) in [4.78, 5) is 89.4. The monoisotopic (exact) mass is 1910 g/mol. The van der Waals surface area contributed by atoms with Gasteiger partial charge in [-0.05, 0) is 0 Å². The standard InChI is InChI=1S/C21H42N6O6.C19H20N4O2.C17H25N5O4.C15H30N6O6.C15H29N5O4/c1-28-13-7-25(8-14-29-2)19-22-20(26(9-15-30-3)10-16-31-4)24-21(23-19)27(11-17-32-5)12-18-33-6;1-24-13-23(14-25-2)19-21-17(15-9-5-3-6-10-15)20-18(22-19)16-11-7-4-8-12-16;1-23-10-21(11-24-2)16-18-15(14-8-6-5-7-9-14)19-17(20-16)22(12-25-3)13-26-4;1-22-7-19(8-23-2)13-16-14(20(9-24-3)10-25-4)18-15(17-13)21(11-26-5)12-27-6;1-15(2,3)12-16-13(19(8-21-4)9-22-5)18-14(17-12)20(10-23-6)11-24-7/h7-18H2,1-6H3;3-12H,13-14H2,1-2H3;5-9H,10-13H2,1-4H3;7-12H2,1-6H3;8-11H2,1-7H3. The van der Waals surface area contributed by atoms with Gasteiger partial charge in [-0.15, -0.1) is 0 Å². The third kappa shape index (κ3) is 42.4. The van der Waals surface area contributed by atoms with Crippen molar-refractivity contribution in [3.8, 4) is 34.2 Å². The maximum Gasteiger partial charge on any atom is 0.235 e. The van der Waals surface area contributed by atoms with Crippen molar-refractivity contribution in [3.63, 3.8) is 0 Å². The predicted molar refractivity (Wildman–Crippen MR) is 512 cm³/mol. The van der Waals surface area contributed by atoms with Crippen LogP contribution in [0.2, 0.25) is 0 Å². The van der Waals surface area contributed by atoms with E-state index in [1.807, 2.05) is 126 Å². The minimum absolute atomic E-state index is 0.236. The number of hydrogen-bond donors (Lipinski definition) is 0. The molecule has 135 heavy (non-hydrogen) atoms. The van der Waals surface area contributed by atoms with Gasteiger partial charge in [0, 0.05) is 218 Å². The summed E-state index contributed by atoms with van der Waals surface area (Å²) in [5.74, 6) is 7.56. The Bertz CT molecular complexity index is 3960. The van der Waals surface area contributed by atoms with Gasteiger partial charge in [-0.3, -0.25) is 39.2 Å². The normalized spacial score (nSPS) is 11.0. The predicted octanol–water partition coefficient (Wildman–Crippen LogP) is 6.07. The van der Waals surface area contributed by atoms with E-state index in [0.29, 0.717) is 208 Å². The van der Waals surface area contributed by atoms with Crippen LogP contribution in [0.1, 0.15) is 26.6 Å². The molecule has 0 atom stereocenters. The highest BCUT2D eigenvalue weighted by Crippen LogP contribution is 2.29. The van der Waals surface area contributed by atoms with Gasteiger partial charge in [-0.25, -0.2) is 4.98 Å². The highest BCUT2D eigenvalue weighted by molar-refractivity contribution is 5.63. The Morgan fingerprint density at radius 3 is 0.467 bits per heavy atom. The molecular formula is C87H146N26O22. The van der Waals surface area contributed by atoms with Gasteiger partial charge in [-0.2, -0.15) is 69.8 Å². The number of nitrogens with zero attached hydrogens (tertiary/aromatic N) is 26. The molecule has 0 radical (unpaired) electrons. The lowest BCUT2D eigenvalue weighted by molar-refractivity contribution is 0.134. The zero-order valence-electron chi connectivity index (χ0n) is 83.6. The Balaban J connectivity index is 0.000000354. The van der Waals surface area contributed by atoms with E-state index in [-0.39, 0.29) is 72.7 Å². The summed E-state index contributed by atoms with van der Waals surface area (Å²) in [6, 6.07) is 29.4. The maximum absolute atomic E-state index is 5.30. The van der Waals surface area contributed by atoms with Crippen molar-refractivity contribution in [2.24, 2.45) is 0 Å². The fourth-order valence-corrected chi connectivity index (χ4v) is 11.7. The van der Waals surface area contributed by atoms with Gasteiger partial charge in [0.1, 0.15) is 114 Å². The van der Waals surface area contributed by atoms with Crippen molar-refractivity contribution < 1.29 is 104 Å². The van der Waals surface area contributed by atoms with Crippen LogP contribution in [0.4, 0.5) is 65.4 Å². The van der Waals surface area contributed by atoms with Gasteiger partial charge in [0.2, 0.25) is 65.4 Å². The van der Waals surface area contributed by atoms with Crippen LogP contribution in [0.5, 0.6) is 0 Å². The van der Waals surface area contributed by atoms with Crippen LogP contribution < -0.4 is 53.9 Å². The molecule has 0 saturated heterocycles. The summed E-state index contributed by atoms with van der Waals surface area (Å²) in [6.07, 6.45) is 0. The minimum Gasteiger partial charge on any atom is -0.383 e. The Hall–Kier alpha value is -10.4. The topological polar surface area (TPSA) is 432 Å². The van der Waals surface area contributed by atoms with E-state index in [9.17, 15) is 0 Å². The summed E-state index contributed by atoms with van der Waals surface area (Å²) in [7, 11) is 35.6. The van der Waals surface area contributed by atoms with E-state index < -0.39 is 0 Å². The van der Waals surface area contributed by atoms with Crippen molar-refractivity contribution in [2.75, 3.05) is 397 Å². The highest BCUT2D eigenvalue weighted by Gasteiger charge is 2.28. The molecule has 3 aromatic carbocycles. The van der Waals surface area contributed by atoms with E-state index in [0.717, 1.165) is 16.7 Å². The second-order valence-electron chi connectivity index (χ2n) is 29.5. The largest absolute Gasteiger partial charge is 0.383 e. The lowest BCUT2D eigenvalue weighted by atomic mass is 9.96. The van der Waals surface area contributed by atoms with Crippen molar-refractivity contribution in [3.05, 3.63) is 96.8 Å². The molecule has 48 heteroatoms. The van der Waals surface area contributed by atoms with E-state index in [1.54, 1.807) is 196 Å². The van der Waals surface area contributed by atoms with E-state index in [1.165, 1.54) is 0 Å². The first-order valence-electron chi connectivity index (χ1n) is 42.7. The molecule has 0 amide bonds. The molecule has 5 heterocycles. The summed E-state index contributed by atoms with van der Waals surface area (Å²) in [5, 5.41) is 0. The number of ether oxygens (including phenoxy) is 22. The summed E-state index contributed by atoms with van der Waals surface area (Å²) in [5.41, 5.74) is 2.49. The molecule has 0 spiro atoms. The van der Waals surface area contributed by atoms with Crippen LogP contribution in [0.15, 0.2) is 91.0 Å². The number of methoxy groups -OCH3 is 22. The molecule has 8 rings (SSSR count). The van der Waals surface area contributed by atoms with Crippen LogP contribution >= 0.6 is 0 Å². The third-order valence-corrected chi connectivity index (χ3v) is 17.9. The second-order valence-corrected chi connectivity index (χ2v) is 29.5. The van der Waals surface area contributed by atoms with Crippen molar-refractivity contribution in [1.82, 2.24) is 74.8 Å². The first kappa shape index (κ1) is 117. The Labute approximate surface area is 795 Å². The SMILES string of the molecule is COCCN(CCOC)c1nc(N(CCOC)CCOC)nc(N(CCOC)CCOC)n1.COCN(COC)c1nc(-c2ccccc2)nc(-c2ccccc2)n1.COCN(COC)c1nc(-c2ccccc2)nc(N(COC)COC)n1.COCN(COC)c1nc(N(COC)COC)nc(C(C)(C)C)n1.COCN(COC)c1nc(N(COC)COC)nc(N(COC)COC)n1. The molecule has 756 valence electrons. The van der Waals surface area contributed by atoms with Crippen LogP contribution in [0, 0.1) is 0 Å². The van der Waals surface area contributed by atoms with Gasteiger partial charge < -0.3 is 119 Å². The van der Waals surface area contributed by atoms with Crippen LogP contribution in [0.25, 0.3) is 34.2 Å². The molecule has 8 aromatic rings. The summed E-state index contributed by atoms with van der Waals surface area (Å²) < 4.78 is 115. The minimum atomic E-state index is -0.246. The molecule has 0 aliphatic heterocycles. The molecule has 0 N–H and O–H groups in total. The Kier molecular flexibility index (Phi) is 60.9. The molecule has 0 unspecified atom stereocenters. The summed E-state index contributed by atoms with van der Waals surface area (Å²) >= 11 is 0. The quantitative estimate of drug-likeness (QED) is 0.0390. The molecule has 5 aromatic heterocycles. The average molecular weight is 1910 g/mol. The molecule has 48 nitrogen and oxygen atoms in total. The number of anilines is 11. The molecule has 0 aliphatic carbocycles. The van der Waals surface area contributed by atoms with Crippen LogP contribution in [0.3, 0.4) is 0 Å². The number of aromatic nitrogens is 15. The molecule has 0 bridgehead atoms. The average Bonchev–Trinajstić information content (AvgIpc) is 0.795. The second kappa shape index (κ2) is 70.3. The first-order chi connectivity index (χ1) is 65.7. The van der Waals surface area contributed by atoms with E-state index >= 15 is 0 Å². The molecule has 0 saturated carbocycles. The third-order valence-electron chi connectivity index (χ3n) is 17.9. The van der Waals surface area contributed by atoms with Crippen molar-refractivity contribution >= 4 is 65.4 Å². The maximum atomic E-state index is 5.30. The fourth-order valence-electron chi connectivity index (χ4n) is 11.7. The highest BCUT2D eigenvalue weighted by atomic mass is 16.5. The molecule has 0 fully saturated rings. The summed E-state index contributed by atoms with van der Waals surface area (Å²) in [6.45, 7) is 17.4. The van der Waals surface area contributed by atoms with Crippen molar-refractivity contribution in [2.45, 2.75) is 26.2 Å². The zero-order valence-corrected chi connectivity index (χ0v) is 83.6. The molecular weight excluding hydrogens is 1760 g/mol.